The molecule has 0 spiro atoms. The zero-order valence-electron chi connectivity index (χ0n) is 17.5. The molecule has 9 heteroatoms. The van der Waals surface area contributed by atoms with Crippen molar-refractivity contribution in [1.29, 1.82) is 0 Å². The average Bonchev–Trinajstić information content (AvgIpc) is 2.82. The van der Waals surface area contributed by atoms with E-state index in [1.807, 2.05) is 6.07 Å². The van der Waals surface area contributed by atoms with Gasteiger partial charge in [-0.1, -0.05) is 30.3 Å². The summed E-state index contributed by atoms with van der Waals surface area (Å²) in [4.78, 5) is 13.4. The predicted octanol–water partition coefficient (Wildman–Crippen LogP) is 0.992. The molecule has 3 aromatic rings. The third-order valence-corrected chi connectivity index (χ3v) is 5.64. The highest BCUT2D eigenvalue weighted by Crippen LogP contribution is 2.39. The molecule has 170 valence electrons. The van der Waals surface area contributed by atoms with Gasteiger partial charge >= 0.3 is 0 Å². The smallest absolute Gasteiger partial charge is 0.296 e. The molecule has 1 aromatic heterocycles. The molecule has 0 bridgehead atoms. The summed E-state index contributed by atoms with van der Waals surface area (Å²) in [5.41, 5.74) is 0.924. The highest BCUT2D eigenvalue weighted by atomic mass is 16.6. The van der Waals surface area contributed by atoms with Crippen molar-refractivity contribution in [3.8, 4) is 22.8 Å². The van der Waals surface area contributed by atoms with Crippen LogP contribution in [0.5, 0.6) is 11.7 Å². The Morgan fingerprint density at radius 1 is 0.969 bits per heavy atom. The number of aliphatic hydroxyl groups excluding tert-OH is 4. The minimum Gasteiger partial charge on any atom is -0.496 e. The van der Waals surface area contributed by atoms with Crippen LogP contribution in [0.25, 0.3) is 22.1 Å². The SMILES string of the molecule is COc1oc2cc(C3O[C@H](CO)[C@@H](O)[C@H](O)[C@H]3O)cc(OC)c2c(=O)c1-c1ccccc1. The number of methoxy groups -OCH3 is 2. The van der Waals surface area contributed by atoms with Gasteiger partial charge in [0.15, 0.2) is 0 Å². The first-order valence-corrected chi connectivity index (χ1v) is 9.99. The number of hydrogen-bond donors (Lipinski definition) is 4. The molecule has 1 fully saturated rings. The second-order valence-corrected chi connectivity index (χ2v) is 7.51. The van der Waals surface area contributed by atoms with Crippen molar-refractivity contribution >= 4 is 11.0 Å². The number of fused-ring (bicyclic) bond motifs is 1. The van der Waals surface area contributed by atoms with Gasteiger partial charge in [-0.2, -0.15) is 0 Å². The van der Waals surface area contributed by atoms with Gasteiger partial charge in [0.2, 0.25) is 5.43 Å². The summed E-state index contributed by atoms with van der Waals surface area (Å²) in [5.74, 6) is 0.171. The number of rotatable bonds is 5. The standard InChI is InChI=1S/C23H24O9/c1-29-13-8-12(22-21(28)20(27)18(25)15(10-24)31-22)9-14-17(13)19(26)16(23(30-2)32-14)11-6-4-3-5-7-11/h3-9,15,18,20-22,24-25,27-28H,10H2,1-2H3/t15-,18-,20+,21-,22?/m1/s1. The number of ether oxygens (including phenoxy) is 3. The van der Waals surface area contributed by atoms with Gasteiger partial charge in [-0.15, -0.1) is 0 Å². The van der Waals surface area contributed by atoms with E-state index in [0.29, 0.717) is 11.1 Å². The summed E-state index contributed by atoms with van der Waals surface area (Å²) in [6, 6.07) is 11.9. The van der Waals surface area contributed by atoms with E-state index in [1.165, 1.54) is 26.4 Å². The van der Waals surface area contributed by atoms with Gasteiger partial charge in [0.25, 0.3) is 5.95 Å². The lowest BCUT2D eigenvalue weighted by Gasteiger charge is -2.40. The van der Waals surface area contributed by atoms with Crippen molar-refractivity contribution in [2.45, 2.75) is 30.5 Å². The normalized spacial score (nSPS) is 25.6. The average molecular weight is 444 g/mol. The fourth-order valence-corrected chi connectivity index (χ4v) is 3.98. The molecule has 1 aliphatic rings. The van der Waals surface area contributed by atoms with Gasteiger partial charge in [-0.3, -0.25) is 4.79 Å². The minimum absolute atomic E-state index is 0.00158. The third-order valence-electron chi connectivity index (χ3n) is 5.64. The maximum absolute atomic E-state index is 13.4. The summed E-state index contributed by atoms with van der Waals surface area (Å²) in [6.07, 6.45) is -6.72. The molecule has 0 radical (unpaired) electrons. The largest absolute Gasteiger partial charge is 0.496 e. The first-order chi connectivity index (χ1) is 15.4. The zero-order chi connectivity index (χ0) is 23.0. The molecule has 0 amide bonds. The Morgan fingerprint density at radius 2 is 1.69 bits per heavy atom. The Morgan fingerprint density at radius 3 is 2.31 bits per heavy atom. The molecule has 2 heterocycles. The Hall–Kier alpha value is -2.95. The van der Waals surface area contributed by atoms with Crippen LogP contribution in [-0.2, 0) is 4.74 Å². The molecular formula is C23H24O9. The first-order valence-electron chi connectivity index (χ1n) is 9.99. The highest BCUT2D eigenvalue weighted by molar-refractivity contribution is 5.89. The van der Waals surface area contributed by atoms with Crippen LogP contribution >= 0.6 is 0 Å². The number of aliphatic hydroxyl groups is 4. The molecule has 5 atom stereocenters. The monoisotopic (exact) mass is 444 g/mol. The molecular weight excluding hydrogens is 420 g/mol. The zero-order valence-corrected chi connectivity index (χ0v) is 17.5. The van der Waals surface area contributed by atoms with Crippen LogP contribution in [0.1, 0.15) is 11.7 Å². The number of benzene rings is 2. The summed E-state index contributed by atoms with van der Waals surface area (Å²) in [7, 11) is 2.77. The maximum Gasteiger partial charge on any atom is 0.296 e. The van der Waals surface area contributed by atoms with E-state index in [4.69, 9.17) is 18.6 Å². The van der Waals surface area contributed by atoms with E-state index in [0.717, 1.165) is 0 Å². The van der Waals surface area contributed by atoms with E-state index in [1.54, 1.807) is 24.3 Å². The molecule has 4 N–H and O–H groups in total. The molecule has 4 rings (SSSR count). The summed E-state index contributed by atoms with van der Waals surface area (Å²) < 4.78 is 22.3. The van der Waals surface area contributed by atoms with E-state index in [2.05, 4.69) is 0 Å². The van der Waals surface area contributed by atoms with Gasteiger partial charge in [0, 0.05) is 0 Å². The molecule has 32 heavy (non-hydrogen) atoms. The fourth-order valence-electron chi connectivity index (χ4n) is 3.98. The molecule has 0 saturated carbocycles. The van der Waals surface area contributed by atoms with E-state index in [-0.39, 0.29) is 33.7 Å². The maximum atomic E-state index is 13.4. The van der Waals surface area contributed by atoms with Crippen LogP contribution < -0.4 is 14.9 Å². The Kier molecular flexibility index (Phi) is 6.18. The van der Waals surface area contributed by atoms with Gasteiger partial charge in [-0.05, 0) is 23.3 Å². The lowest BCUT2D eigenvalue weighted by molar-refractivity contribution is -0.231. The van der Waals surface area contributed by atoms with Crippen molar-refractivity contribution in [2.24, 2.45) is 0 Å². The second-order valence-electron chi connectivity index (χ2n) is 7.51. The summed E-state index contributed by atoms with van der Waals surface area (Å²) in [6.45, 7) is -0.560. The molecule has 1 aliphatic heterocycles. The van der Waals surface area contributed by atoms with E-state index < -0.39 is 37.1 Å². The first kappa shape index (κ1) is 22.3. The van der Waals surface area contributed by atoms with Gasteiger partial charge in [-0.25, -0.2) is 0 Å². The van der Waals surface area contributed by atoms with Crippen molar-refractivity contribution < 1.29 is 39.1 Å². The van der Waals surface area contributed by atoms with Crippen LogP contribution in [0.15, 0.2) is 51.7 Å². The van der Waals surface area contributed by atoms with Gasteiger partial charge in [0.05, 0.1) is 20.8 Å². The third kappa shape index (κ3) is 3.64. The second kappa shape index (κ2) is 8.89. The minimum atomic E-state index is -1.55. The lowest BCUT2D eigenvalue weighted by Crippen LogP contribution is -2.55. The molecule has 9 nitrogen and oxygen atoms in total. The fraction of sp³-hybridized carbons (Fsp3) is 0.348. The molecule has 2 aromatic carbocycles. The van der Waals surface area contributed by atoms with E-state index >= 15 is 0 Å². The molecule has 0 aliphatic carbocycles. The van der Waals surface area contributed by atoms with Crippen molar-refractivity contribution in [3.63, 3.8) is 0 Å². The Labute approximate surface area is 183 Å². The predicted molar refractivity (Wildman–Crippen MR) is 114 cm³/mol. The summed E-state index contributed by atoms with van der Waals surface area (Å²) in [5, 5.41) is 40.3. The van der Waals surface area contributed by atoms with Crippen LogP contribution in [0.3, 0.4) is 0 Å². The number of hydrogen-bond acceptors (Lipinski definition) is 9. The van der Waals surface area contributed by atoms with Crippen molar-refractivity contribution in [1.82, 2.24) is 0 Å². The topological polar surface area (TPSA) is 139 Å². The molecule has 1 saturated heterocycles. The van der Waals surface area contributed by atoms with Crippen LogP contribution in [0, 0.1) is 0 Å². The van der Waals surface area contributed by atoms with Crippen LogP contribution in [0.4, 0.5) is 0 Å². The van der Waals surface area contributed by atoms with Gasteiger partial charge < -0.3 is 39.1 Å². The Balaban J connectivity index is 1.91. The van der Waals surface area contributed by atoms with E-state index in [9.17, 15) is 25.2 Å². The van der Waals surface area contributed by atoms with Crippen molar-refractivity contribution in [2.75, 3.05) is 20.8 Å². The van der Waals surface area contributed by atoms with Gasteiger partial charge in [0.1, 0.15) is 52.8 Å². The summed E-state index contributed by atoms with van der Waals surface area (Å²) >= 11 is 0. The van der Waals surface area contributed by atoms with Crippen LogP contribution in [-0.4, -0.2) is 65.7 Å². The van der Waals surface area contributed by atoms with Crippen LogP contribution in [0.2, 0.25) is 0 Å². The quantitative estimate of drug-likeness (QED) is 0.454. The van der Waals surface area contributed by atoms with Crippen molar-refractivity contribution in [3.05, 3.63) is 58.3 Å². The highest BCUT2D eigenvalue weighted by Gasteiger charge is 2.44. The Bertz CT molecular complexity index is 1160. The molecule has 1 unspecified atom stereocenters. The lowest BCUT2D eigenvalue weighted by atomic mass is 9.90.